The molecule has 0 radical (unpaired) electrons. The Balaban J connectivity index is 2.08. The Hall–Kier alpha value is -2.32. The third kappa shape index (κ3) is 1.86. The topological polar surface area (TPSA) is 61.9 Å². The van der Waals surface area contributed by atoms with Crippen molar-refractivity contribution in [2.75, 3.05) is 11.4 Å². The summed E-state index contributed by atoms with van der Waals surface area (Å²) in [4.78, 5) is 18.1. The highest BCUT2D eigenvalue weighted by molar-refractivity contribution is 6.30. The molecule has 2 aromatic rings. The number of hydrogen-bond acceptors (Lipinski definition) is 4. The molecule has 3 rings (SSSR count). The number of benzene rings is 1. The van der Waals surface area contributed by atoms with Crippen molar-refractivity contribution in [1.82, 2.24) is 9.55 Å². The largest absolute Gasteiger partial charge is 0.310 e. The van der Waals surface area contributed by atoms with Gasteiger partial charge in [0.1, 0.15) is 11.6 Å². The fourth-order valence-electron chi connectivity index (χ4n) is 2.14. The van der Waals surface area contributed by atoms with Gasteiger partial charge in [0.15, 0.2) is 0 Å². The Morgan fingerprint density at radius 3 is 2.68 bits per heavy atom. The van der Waals surface area contributed by atoms with Crippen LogP contribution in [0.4, 0.5) is 11.6 Å². The molecule has 1 aliphatic heterocycles. The van der Waals surface area contributed by atoms with Gasteiger partial charge in [-0.1, -0.05) is 11.6 Å². The summed E-state index contributed by atoms with van der Waals surface area (Å²) in [5, 5.41) is 9.49. The summed E-state index contributed by atoms with van der Waals surface area (Å²) in [7, 11) is 0. The predicted octanol–water partition coefficient (Wildman–Crippen LogP) is 1.92. The van der Waals surface area contributed by atoms with Crippen LogP contribution in [0.1, 0.15) is 5.56 Å². The van der Waals surface area contributed by atoms with E-state index in [0.29, 0.717) is 24.1 Å². The quantitative estimate of drug-likeness (QED) is 0.796. The molecule has 0 bridgehead atoms. The SMILES string of the molecule is N#Cc1cnc2n(c1=O)CCN2c1ccc(Cl)cc1. The Labute approximate surface area is 114 Å². The average Bonchev–Trinajstić information content (AvgIpc) is 2.85. The van der Waals surface area contributed by atoms with Crippen LogP contribution in [0.5, 0.6) is 0 Å². The summed E-state index contributed by atoms with van der Waals surface area (Å²) < 4.78 is 1.52. The van der Waals surface area contributed by atoms with Crippen LogP contribution in [0, 0.1) is 11.3 Å². The molecule has 1 aromatic carbocycles. The van der Waals surface area contributed by atoms with E-state index in [2.05, 4.69) is 4.98 Å². The Kier molecular flexibility index (Phi) is 2.73. The summed E-state index contributed by atoms with van der Waals surface area (Å²) in [6, 6.07) is 9.20. The van der Waals surface area contributed by atoms with Crippen molar-refractivity contribution in [2.45, 2.75) is 6.54 Å². The lowest BCUT2D eigenvalue weighted by atomic mass is 10.3. The lowest BCUT2D eigenvalue weighted by Crippen LogP contribution is -2.22. The summed E-state index contributed by atoms with van der Waals surface area (Å²) in [5.41, 5.74) is 0.706. The molecule has 0 aliphatic carbocycles. The smallest absolute Gasteiger partial charge is 0.272 e. The number of aromatic nitrogens is 2. The first kappa shape index (κ1) is 11.8. The number of nitrogens with zero attached hydrogens (tertiary/aromatic N) is 4. The standard InChI is InChI=1S/C13H9ClN4O/c14-10-1-3-11(4-2-10)17-5-6-18-12(19)9(7-15)8-16-13(17)18/h1-4,8H,5-6H2. The molecule has 0 saturated heterocycles. The number of hydrogen-bond donors (Lipinski definition) is 0. The monoisotopic (exact) mass is 272 g/mol. The van der Waals surface area contributed by atoms with Crippen LogP contribution in [0.25, 0.3) is 0 Å². The van der Waals surface area contributed by atoms with E-state index in [1.54, 1.807) is 12.1 Å². The van der Waals surface area contributed by atoms with Crippen LogP contribution >= 0.6 is 11.6 Å². The third-order valence-electron chi connectivity index (χ3n) is 3.07. The molecule has 0 spiro atoms. The molecule has 1 aromatic heterocycles. The van der Waals surface area contributed by atoms with Gasteiger partial charge in [0.2, 0.25) is 5.95 Å². The molecule has 6 heteroatoms. The summed E-state index contributed by atoms with van der Waals surface area (Å²) >= 11 is 5.86. The first-order chi connectivity index (χ1) is 9.20. The van der Waals surface area contributed by atoms with Gasteiger partial charge < -0.3 is 4.90 Å². The van der Waals surface area contributed by atoms with E-state index >= 15 is 0 Å². The summed E-state index contributed by atoms with van der Waals surface area (Å²) in [5.74, 6) is 0.561. The van der Waals surface area contributed by atoms with Gasteiger partial charge >= 0.3 is 0 Å². The fourth-order valence-corrected chi connectivity index (χ4v) is 2.27. The molecular formula is C13H9ClN4O. The molecule has 0 N–H and O–H groups in total. The van der Waals surface area contributed by atoms with Crippen molar-refractivity contribution in [1.29, 1.82) is 5.26 Å². The second-order valence-corrected chi connectivity index (χ2v) is 4.60. The first-order valence-electron chi connectivity index (χ1n) is 5.74. The Bertz CT molecular complexity index is 730. The van der Waals surface area contributed by atoms with Crippen LogP contribution in [-0.4, -0.2) is 16.1 Å². The highest BCUT2D eigenvalue weighted by Crippen LogP contribution is 2.27. The van der Waals surface area contributed by atoms with Crippen molar-refractivity contribution in [3.05, 3.63) is 51.4 Å². The molecule has 2 heterocycles. The van der Waals surface area contributed by atoms with E-state index in [-0.39, 0.29) is 11.1 Å². The number of anilines is 2. The molecule has 19 heavy (non-hydrogen) atoms. The number of halogens is 1. The van der Waals surface area contributed by atoms with Crippen molar-refractivity contribution in [3.8, 4) is 6.07 Å². The molecule has 0 unspecified atom stereocenters. The molecule has 1 aliphatic rings. The zero-order valence-corrected chi connectivity index (χ0v) is 10.6. The highest BCUT2D eigenvalue weighted by Gasteiger charge is 2.23. The van der Waals surface area contributed by atoms with Gasteiger partial charge in [-0.3, -0.25) is 9.36 Å². The van der Waals surface area contributed by atoms with E-state index in [4.69, 9.17) is 16.9 Å². The van der Waals surface area contributed by atoms with Gasteiger partial charge in [0.05, 0.1) is 6.20 Å². The van der Waals surface area contributed by atoms with E-state index in [0.717, 1.165) is 5.69 Å². The van der Waals surface area contributed by atoms with E-state index in [1.165, 1.54) is 10.8 Å². The molecular weight excluding hydrogens is 264 g/mol. The van der Waals surface area contributed by atoms with Gasteiger partial charge in [-0.2, -0.15) is 5.26 Å². The third-order valence-corrected chi connectivity index (χ3v) is 3.33. The average molecular weight is 273 g/mol. The normalized spacial score (nSPS) is 13.2. The minimum Gasteiger partial charge on any atom is -0.310 e. The molecule has 5 nitrogen and oxygen atoms in total. The number of rotatable bonds is 1. The van der Waals surface area contributed by atoms with Crippen LogP contribution in [0.15, 0.2) is 35.3 Å². The van der Waals surface area contributed by atoms with Crippen LogP contribution in [0.2, 0.25) is 5.02 Å². The maximum Gasteiger partial charge on any atom is 0.272 e. The second-order valence-electron chi connectivity index (χ2n) is 4.17. The molecule has 94 valence electrons. The molecule has 0 atom stereocenters. The minimum absolute atomic E-state index is 0.0710. The molecule has 0 saturated carbocycles. The number of fused-ring (bicyclic) bond motifs is 1. The summed E-state index contributed by atoms with van der Waals surface area (Å²) in [6.45, 7) is 1.18. The van der Waals surface area contributed by atoms with E-state index in [9.17, 15) is 4.79 Å². The molecule has 0 fully saturated rings. The minimum atomic E-state index is -0.288. The van der Waals surface area contributed by atoms with E-state index in [1.807, 2.05) is 23.1 Å². The zero-order chi connectivity index (χ0) is 13.4. The maximum atomic E-state index is 12.0. The van der Waals surface area contributed by atoms with Gasteiger partial charge in [-0.25, -0.2) is 4.98 Å². The lowest BCUT2D eigenvalue weighted by Gasteiger charge is -2.16. The first-order valence-corrected chi connectivity index (χ1v) is 6.11. The van der Waals surface area contributed by atoms with Gasteiger partial charge in [0, 0.05) is 23.8 Å². The van der Waals surface area contributed by atoms with Crippen molar-refractivity contribution >= 4 is 23.2 Å². The zero-order valence-electron chi connectivity index (χ0n) is 9.88. The second kappa shape index (κ2) is 4.41. The van der Waals surface area contributed by atoms with E-state index < -0.39 is 0 Å². The summed E-state index contributed by atoms with van der Waals surface area (Å²) in [6.07, 6.45) is 1.32. The Morgan fingerprint density at radius 1 is 1.26 bits per heavy atom. The van der Waals surface area contributed by atoms with Gasteiger partial charge in [-0.05, 0) is 24.3 Å². The van der Waals surface area contributed by atoms with Crippen molar-refractivity contribution in [3.63, 3.8) is 0 Å². The van der Waals surface area contributed by atoms with Crippen molar-refractivity contribution < 1.29 is 0 Å². The number of nitriles is 1. The van der Waals surface area contributed by atoms with Crippen LogP contribution in [-0.2, 0) is 6.54 Å². The van der Waals surface area contributed by atoms with Gasteiger partial charge in [0.25, 0.3) is 5.56 Å². The fraction of sp³-hybridized carbons (Fsp3) is 0.154. The van der Waals surface area contributed by atoms with Crippen LogP contribution in [0.3, 0.4) is 0 Å². The Morgan fingerprint density at radius 2 is 2.00 bits per heavy atom. The highest BCUT2D eigenvalue weighted by atomic mass is 35.5. The predicted molar refractivity (Wildman–Crippen MR) is 71.7 cm³/mol. The lowest BCUT2D eigenvalue weighted by molar-refractivity contribution is 0.755. The van der Waals surface area contributed by atoms with Gasteiger partial charge in [-0.15, -0.1) is 0 Å². The van der Waals surface area contributed by atoms with Crippen molar-refractivity contribution in [2.24, 2.45) is 0 Å². The molecule has 0 amide bonds. The maximum absolute atomic E-state index is 12.0. The van der Waals surface area contributed by atoms with Crippen LogP contribution < -0.4 is 10.5 Å².